The number of hydrogen-bond acceptors (Lipinski definition) is 6. The van der Waals surface area contributed by atoms with Crippen molar-refractivity contribution in [3.8, 4) is 0 Å². The molecular formula is C16H25N7. The van der Waals surface area contributed by atoms with E-state index in [1.54, 1.807) is 0 Å². The first-order valence-corrected chi connectivity index (χ1v) is 8.49. The van der Waals surface area contributed by atoms with Gasteiger partial charge < -0.3 is 20.9 Å². The standard InChI is InChI=1S/C16H25N7/c1-21-6-8-22(9-7-21)15-11-16(19-13-3-2-12(17)10-13)23-14(20-15)4-5-18-23/h4-5,11-13,19H,2-3,6-10,17H2,1H3/t12-,13-/m0/s1. The Kier molecular flexibility index (Phi) is 3.82. The zero-order valence-corrected chi connectivity index (χ0v) is 13.6. The van der Waals surface area contributed by atoms with Gasteiger partial charge in [0.15, 0.2) is 5.65 Å². The van der Waals surface area contributed by atoms with E-state index >= 15 is 0 Å². The number of nitrogens with zero attached hydrogens (tertiary/aromatic N) is 5. The molecule has 4 rings (SSSR count). The van der Waals surface area contributed by atoms with Crippen molar-refractivity contribution in [3.05, 3.63) is 18.3 Å². The largest absolute Gasteiger partial charge is 0.367 e. The van der Waals surface area contributed by atoms with Gasteiger partial charge in [-0.2, -0.15) is 9.61 Å². The van der Waals surface area contributed by atoms with Gasteiger partial charge in [-0.1, -0.05) is 0 Å². The molecule has 0 amide bonds. The summed E-state index contributed by atoms with van der Waals surface area (Å²) in [6, 6.07) is 4.85. The summed E-state index contributed by atoms with van der Waals surface area (Å²) in [5.74, 6) is 2.06. The third-order valence-corrected chi connectivity index (χ3v) is 5.00. The Morgan fingerprint density at radius 3 is 2.78 bits per heavy atom. The quantitative estimate of drug-likeness (QED) is 0.871. The van der Waals surface area contributed by atoms with Crippen LogP contribution in [0.2, 0.25) is 0 Å². The SMILES string of the molecule is CN1CCN(c2cc(N[C@H]3CC[C@H](N)C3)n3nccc3n2)CC1. The number of nitrogens with two attached hydrogens (primary N) is 1. The number of rotatable bonds is 3. The van der Waals surface area contributed by atoms with Crippen LogP contribution in [-0.4, -0.2) is 64.8 Å². The molecule has 1 aliphatic heterocycles. The maximum absolute atomic E-state index is 6.04. The van der Waals surface area contributed by atoms with E-state index in [4.69, 9.17) is 10.7 Å². The van der Waals surface area contributed by atoms with Gasteiger partial charge in [0.05, 0.1) is 6.20 Å². The van der Waals surface area contributed by atoms with Gasteiger partial charge in [-0.05, 0) is 26.3 Å². The fourth-order valence-corrected chi connectivity index (χ4v) is 3.56. The predicted octanol–water partition coefficient (Wildman–Crippen LogP) is 0.773. The number of aromatic nitrogens is 3. The van der Waals surface area contributed by atoms with E-state index < -0.39 is 0 Å². The molecule has 1 saturated heterocycles. The Morgan fingerprint density at radius 2 is 2.04 bits per heavy atom. The van der Waals surface area contributed by atoms with Crippen molar-refractivity contribution >= 4 is 17.3 Å². The summed E-state index contributed by atoms with van der Waals surface area (Å²) in [5.41, 5.74) is 6.94. The van der Waals surface area contributed by atoms with Crippen molar-refractivity contribution in [1.82, 2.24) is 19.5 Å². The van der Waals surface area contributed by atoms with E-state index in [0.29, 0.717) is 12.1 Å². The Balaban J connectivity index is 1.61. The highest BCUT2D eigenvalue weighted by Gasteiger charge is 2.23. The molecule has 2 aromatic heterocycles. The molecule has 124 valence electrons. The number of piperazine rings is 1. The second kappa shape index (κ2) is 5.98. The first kappa shape index (κ1) is 14.7. The molecule has 23 heavy (non-hydrogen) atoms. The number of anilines is 2. The molecule has 2 aromatic rings. The van der Waals surface area contributed by atoms with Crippen LogP contribution in [0.1, 0.15) is 19.3 Å². The van der Waals surface area contributed by atoms with Crippen molar-refractivity contribution in [2.45, 2.75) is 31.3 Å². The lowest BCUT2D eigenvalue weighted by Gasteiger charge is -2.33. The van der Waals surface area contributed by atoms with Crippen LogP contribution in [0.15, 0.2) is 18.3 Å². The average Bonchev–Trinajstić information content (AvgIpc) is 3.17. The fraction of sp³-hybridized carbons (Fsp3) is 0.625. The second-order valence-corrected chi connectivity index (χ2v) is 6.81. The molecule has 1 saturated carbocycles. The summed E-state index contributed by atoms with van der Waals surface area (Å²) in [4.78, 5) is 9.49. The van der Waals surface area contributed by atoms with E-state index in [1.807, 2.05) is 16.8 Å². The van der Waals surface area contributed by atoms with E-state index in [9.17, 15) is 0 Å². The Morgan fingerprint density at radius 1 is 1.22 bits per heavy atom. The number of hydrogen-bond donors (Lipinski definition) is 2. The van der Waals surface area contributed by atoms with E-state index in [1.165, 1.54) is 0 Å². The number of likely N-dealkylation sites (N-methyl/N-ethyl adjacent to an activating group) is 1. The highest BCUT2D eigenvalue weighted by molar-refractivity contribution is 5.58. The lowest BCUT2D eigenvalue weighted by molar-refractivity contribution is 0.312. The van der Waals surface area contributed by atoms with Gasteiger partial charge in [-0.25, -0.2) is 4.98 Å². The zero-order valence-electron chi connectivity index (χ0n) is 13.6. The third kappa shape index (κ3) is 2.98. The molecule has 0 unspecified atom stereocenters. The van der Waals surface area contributed by atoms with Crippen LogP contribution in [0.4, 0.5) is 11.6 Å². The molecule has 0 spiro atoms. The van der Waals surface area contributed by atoms with E-state index in [-0.39, 0.29) is 0 Å². The normalized spacial score (nSPS) is 26.1. The second-order valence-electron chi connectivity index (χ2n) is 6.81. The van der Waals surface area contributed by atoms with Gasteiger partial charge >= 0.3 is 0 Å². The van der Waals surface area contributed by atoms with Gasteiger partial charge in [0.2, 0.25) is 0 Å². The molecule has 2 atom stereocenters. The summed E-state index contributed by atoms with van der Waals surface area (Å²) >= 11 is 0. The minimum atomic E-state index is 0.319. The Labute approximate surface area is 136 Å². The van der Waals surface area contributed by atoms with Gasteiger partial charge in [0.25, 0.3) is 0 Å². The Bertz CT molecular complexity index is 674. The lowest BCUT2D eigenvalue weighted by atomic mass is 10.2. The van der Waals surface area contributed by atoms with E-state index in [0.717, 1.165) is 62.7 Å². The molecule has 0 bridgehead atoms. The Hall–Kier alpha value is -1.86. The van der Waals surface area contributed by atoms with Crippen molar-refractivity contribution in [1.29, 1.82) is 0 Å². The van der Waals surface area contributed by atoms with Crippen LogP contribution in [0.25, 0.3) is 5.65 Å². The topological polar surface area (TPSA) is 74.7 Å². The molecule has 2 fully saturated rings. The van der Waals surface area contributed by atoms with Gasteiger partial charge in [-0.3, -0.25) is 0 Å². The van der Waals surface area contributed by atoms with Crippen molar-refractivity contribution in [3.63, 3.8) is 0 Å². The fourth-order valence-electron chi connectivity index (χ4n) is 3.56. The van der Waals surface area contributed by atoms with Crippen LogP contribution in [0.5, 0.6) is 0 Å². The molecule has 0 aromatic carbocycles. The van der Waals surface area contributed by atoms with Gasteiger partial charge in [-0.15, -0.1) is 0 Å². The van der Waals surface area contributed by atoms with Gasteiger partial charge in [0.1, 0.15) is 11.6 Å². The van der Waals surface area contributed by atoms with Crippen molar-refractivity contribution in [2.75, 3.05) is 43.4 Å². The summed E-state index contributed by atoms with van der Waals surface area (Å²) in [6.07, 6.45) is 5.04. The van der Waals surface area contributed by atoms with Crippen LogP contribution in [-0.2, 0) is 0 Å². The number of fused-ring (bicyclic) bond motifs is 1. The summed E-state index contributed by atoms with van der Waals surface area (Å²) < 4.78 is 1.89. The average molecular weight is 315 g/mol. The van der Waals surface area contributed by atoms with Crippen molar-refractivity contribution < 1.29 is 0 Å². The minimum Gasteiger partial charge on any atom is -0.367 e. The molecule has 3 heterocycles. The predicted molar refractivity (Wildman–Crippen MR) is 91.9 cm³/mol. The number of nitrogens with one attached hydrogen (secondary N) is 1. The first-order valence-electron chi connectivity index (χ1n) is 8.49. The monoisotopic (exact) mass is 315 g/mol. The molecular weight excluding hydrogens is 290 g/mol. The maximum Gasteiger partial charge on any atom is 0.159 e. The molecule has 1 aliphatic carbocycles. The highest BCUT2D eigenvalue weighted by atomic mass is 15.3. The van der Waals surface area contributed by atoms with Gasteiger partial charge in [0, 0.05) is 50.4 Å². The molecule has 0 radical (unpaired) electrons. The summed E-state index contributed by atoms with van der Waals surface area (Å²) in [5, 5.41) is 8.04. The minimum absolute atomic E-state index is 0.319. The highest BCUT2D eigenvalue weighted by Crippen LogP contribution is 2.25. The van der Waals surface area contributed by atoms with Crippen molar-refractivity contribution in [2.24, 2.45) is 5.73 Å². The van der Waals surface area contributed by atoms with E-state index in [2.05, 4.69) is 33.3 Å². The molecule has 7 heteroatoms. The summed E-state index contributed by atoms with van der Waals surface area (Å²) in [7, 11) is 2.17. The first-order chi connectivity index (χ1) is 11.2. The molecule has 2 aliphatic rings. The molecule has 3 N–H and O–H groups in total. The maximum atomic E-state index is 6.04. The van der Waals surface area contributed by atoms with Crippen LogP contribution < -0.4 is 16.0 Å². The zero-order chi connectivity index (χ0) is 15.8. The van der Waals surface area contributed by atoms with Crippen LogP contribution in [0.3, 0.4) is 0 Å². The smallest absolute Gasteiger partial charge is 0.159 e. The lowest BCUT2D eigenvalue weighted by Crippen LogP contribution is -2.44. The third-order valence-electron chi connectivity index (χ3n) is 5.00. The van der Waals surface area contributed by atoms with Crippen LogP contribution >= 0.6 is 0 Å². The van der Waals surface area contributed by atoms with Crippen LogP contribution in [0, 0.1) is 0 Å². The summed E-state index contributed by atoms with van der Waals surface area (Å²) in [6.45, 7) is 4.18. The molecule has 7 nitrogen and oxygen atoms in total.